The zero-order chi connectivity index (χ0) is 14.0. The van der Waals surface area contributed by atoms with Crippen LogP contribution in [-0.2, 0) is 0 Å². The van der Waals surface area contributed by atoms with E-state index >= 15 is 0 Å². The van der Waals surface area contributed by atoms with E-state index in [9.17, 15) is 9.18 Å². The van der Waals surface area contributed by atoms with E-state index < -0.39 is 11.8 Å². The topological polar surface area (TPSA) is 49.3 Å². The molecule has 3 unspecified atom stereocenters. The number of rotatable bonds is 3. The number of aromatic carboxylic acids is 1. The lowest BCUT2D eigenvalue weighted by Gasteiger charge is -2.35. The fraction of sp³-hybridized carbons (Fsp3) is 0.533. The van der Waals surface area contributed by atoms with Gasteiger partial charge in [-0.3, -0.25) is 0 Å². The summed E-state index contributed by atoms with van der Waals surface area (Å²) in [4.78, 5) is 10.8. The van der Waals surface area contributed by atoms with E-state index in [1.807, 2.05) is 0 Å². The Morgan fingerprint density at radius 3 is 2.74 bits per heavy atom. The Balaban J connectivity index is 2.11. The van der Waals surface area contributed by atoms with Crippen LogP contribution in [0.25, 0.3) is 0 Å². The molecule has 1 aromatic rings. The molecule has 0 heterocycles. The number of anilines is 1. The molecule has 4 heteroatoms. The van der Waals surface area contributed by atoms with Gasteiger partial charge in [-0.05, 0) is 36.5 Å². The number of nitrogens with one attached hydrogen (secondary N) is 1. The van der Waals surface area contributed by atoms with Crippen LogP contribution in [0.15, 0.2) is 18.2 Å². The van der Waals surface area contributed by atoms with Gasteiger partial charge in [-0.25, -0.2) is 9.18 Å². The summed E-state index contributed by atoms with van der Waals surface area (Å²) in [7, 11) is 0. The molecule has 1 fully saturated rings. The molecule has 0 amide bonds. The molecule has 19 heavy (non-hydrogen) atoms. The van der Waals surface area contributed by atoms with Gasteiger partial charge in [0.15, 0.2) is 0 Å². The van der Waals surface area contributed by atoms with E-state index in [2.05, 4.69) is 19.2 Å². The number of benzene rings is 1. The van der Waals surface area contributed by atoms with Gasteiger partial charge in [-0.2, -0.15) is 0 Å². The second-order valence-electron chi connectivity index (χ2n) is 5.52. The highest BCUT2D eigenvalue weighted by atomic mass is 19.1. The number of hydrogen-bond donors (Lipinski definition) is 2. The lowest BCUT2D eigenvalue weighted by atomic mass is 9.78. The molecule has 0 aromatic heterocycles. The van der Waals surface area contributed by atoms with Crippen molar-refractivity contribution in [1.82, 2.24) is 0 Å². The molecule has 1 saturated carbocycles. The Bertz CT molecular complexity index is 475. The van der Waals surface area contributed by atoms with Crippen LogP contribution in [0.5, 0.6) is 0 Å². The predicted molar refractivity (Wildman–Crippen MR) is 72.9 cm³/mol. The van der Waals surface area contributed by atoms with Crippen molar-refractivity contribution < 1.29 is 14.3 Å². The standard InChI is InChI=1S/C15H20FNO2/c1-9-4-3-5-14(10(9)2)17-11-6-7-12(15(18)19)13(16)8-11/h6-10,14,17H,3-5H2,1-2H3,(H,18,19). The molecule has 2 N–H and O–H groups in total. The third kappa shape index (κ3) is 3.06. The van der Waals surface area contributed by atoms with Crippen LogP contribution < -0.4 is 5.32 Å². The van der Waals surface area contributed by atoms with E-state index in [4.69, 9.17) is 5.11 Å². The maximum atomic E-state index is 13.6. The molecule has 0 spiro atoms. The fourth-order valence-corrected chi connectivity index (χ4v) is 2.78. The molecule has 104 valence electrons. The Morgan fingerprint density at radius 2 is 2.11 bits per heavy atom. The van der Waals surface area contributed by atoms with Crippen molar-refractivity contribution in [3.05, 3.63) is 29.6 Å². The van der Waals surface area contributed by atoms with Gasteiger partial charge in [-0.1, -0.05) is 26.7 Å². The summed E-state index contributed by atoms with van der Waals surface area (Å²) < 4.78 is 13.6. The Labute approximate surface area is 112 Å². The normalized spacial score (nSPS) is 27.0. The highest BCUT2D eigenvalue weighted by Gasteiger charge is 2.27. The molecule has 0 saturated heterocycles. The molecule has 0 aliphatic heterocycles. The van der Waals surface area contributed by atoms with E-state index in [-0.39, 0.29) is 5.56 Å². The zero-order valence-electron chi connectivity index (χ0n) is 11.3. The Hall–Kier alpha value is -1.58. The molecule has 0 bridgehead atoms. The molecule has 3 nitrogen and oxygen atoms in total. The van der Waals surface area contributed by atoms with Crippen LogP contribution in [0.2, 0.25) is 0 Å². The van der Waals surface area contributed by atoms with Crippen molar-refractivity contribution in [2.75, 3.05) is 5.32 Å². The van der Waals surface area contributed by atoms with E-state index in [1.54, 1.807) is 6.07 Å². The first-order valence-electron chi connectivity index (χ1n) is 6.78. The molecule has 2 rings (SSSR count). The minimum absolute atomic E-state index is 0.282. The van der Waals surface area contributed by atoms with Crippen LogP contribution in [0.3, 0.4) is 0 Å². The summed E-state index contributed by atoms with van der Waals surface area (Å²) in [6, 6.07) is 4.56. The van der Waals surface area contributed by atoms with Crippen LogP contribution >= 0.6 is 0 Å². The molecule has 0 radical (unpaired) electrons. The first-order chi connectivity index (χ1) is 8.99. The first kappa shape index (κ1) is 13.8. The smallest absolute Gasteiger partial charge is 0.338 e. The minimum Gasteiger partial charge on any atom is -0.478 e. The van der Waals surface area contributed by atoms with E-state index in [0.717, 1.165) is 6.42 Å². The molecule has 1 aliphatic carbocycles. The summed E-state index contributed by atoms with van der Waals surface area (Å²) in [5.41, 5.74) is 0.379. The maximum absolute atomic E-state index is 13.6. The van der Waals surface area contributed by atoms with Gasteiger partial charge in [0, 0.05) is 11.7 Å². The van der Waals surface area contributed by atoms with Crippen molar-refractivity contribution in [3.63, 3.8) is 0 Å². The van der Waals surface area contributed by atoms with Gasteiger partial charge in [0.25, 0.3) is 0 Å². The molecule has 1 aromatic carbocycles. The summed E-state index contributed by atoms with van der Waals surface area (Å²) >= 11 is 0. The van der Waals surface area contributed by atoms with Crippen LogP contribution in [0.4, 0.5) is 10.1 Å². The lowest BCUT2D eigenvalue weighted by molar-refractivity contribution is 0.0692. The summed E-state index contributed by atoms with van der Waals surface area (Å²) in [5.74, 6) is -0.719. The summed E-state index contributed by atoms with van der Waals surface area (Å²) in [5, 5.41) is 12.1. The van der Waals surface area contributed by atoms with Crippen molar-refractivity contribution >= 4 is 11.7 Å². The summed E-state index contributed by atoms with van der Waals surface area (Å²) in [6.07, 6.45) is 3.50. The highest BCUT2D eigenvalue weighted by molar-refractivity contribution is 5.88. The van der Waals surface area contributed by atoms with Gasteiger partial charge in [0.1, 0.15) is 5.82 Å². The third-order valence-corrected chi connectivity index (χ3v) is 4.26. The summed E-state index contributed by atoms with van der Waals surface area (Å²) in [6.45, 7) is 4.45. The Kier molecular flexibility index (Phi) is 4.08. The largest absolute Gasteiger partial charge is 0.478 e. The van der Waals surface area contributed by atoms with Gasteiger partial charge >= 0.3 is 5.97 Å². The van der Waals surface area contributed by atoms with E-state index in [1.165, 1.54) is 25.0 Å². The van der Waals surface area contributed by atoms with Crippen molar-refractivity contribution in [2.45, 2.75) is 39.2 Å². The zero-order valence-corrected chi connectivity index (χ0v) is 11.3. The van der Waals surface area contributed by atoms with Gasteiger partial charge < -0.3 is 10.4 Å². The average Bonchev–Trinajstić information content (AvgIpc) is 2.34. The maximum Gasteiger partial charge on any atom is 0.338 e. The van der Waals surface area contributed by atoms with Crippen LogP contribution in [0.1, 0.15) is 43.5 Å². The molecular formula is C15H20FNO2. The fourth-order valence-electron chi connectivity index (χ4n) is 2.78. The predicted octanol–water partition coefficient (Wildman–Crippen LogP) is 3.76. The van der Waals surface area contributed by atoms with Gasteiger partial charge in [0.2, 0.25) is 0 Å². The minimum atomic E-state index is -1.23. The van der Waals surface area contributed by atoms with Gasteiger partial charge in [0.05, 0.1) is 5.56 Å². The monoisotopic (exact) mass is 265 g/mol. The Morgan fingerprint density at radius 1 is 1.37 bits per heavy atom. The number of hydrogen-bond acceptors (Lipinski definition) is 2. The average molecular weight is 265 g/mol. The van der Waals surface area contributed by atoms with Crippen LogP contribution in [-0.4, -0.2) is 17.1 Å². The van der Waals surface area contributed by atoms with Crippen molar-refractivity contribution in [1.29, 1.82) is 0 Å². The number of carbonyl (C=O) groups is 1. The third-order valence-electron chi connectivity index (χ3n) is 4.26. The SMILES string of the molecule is CC1CCCC(Nc2ccc(C(=O)O)c(F)c2)C1C. The van der Waals surface area contributed by atoms with Crippen LogP contribution in [0, 0.1) is 17.7 Å². The van der Waals surface area contributed by atoms with Crippen molar-refractivity contribution in [2.24, 2.45) is 11.8 Å². The van der Waals surface area contributed by atoms with Gasteiger partial charge in [-0.15, -0.1) is 0 Å². The van der Waals surface area contributed by atoms with E-state index in [0.29, 0.717) is 23.6 Å². The number of carboxylic acids is 1. The second-order valence-corrected chi connectivity index (χ2v) is 5.52. The molecule has 1 aliphatic rings. The highest BCUT2D eigenvalue weighted by Crippen LogP contribution is 2.31. The van der Waals surface area contributed by atoms with Crippen molar-refractivity contribution in [3.8, 4) is 0 Å². The lowest BCUT2D eigenvalue weighted by Crippen LogP contribution is -2.35. The second kappa shape index (κ2) is 5.59. The molecular weight excluding hydrogens is 245 g/mol. The quantitative estimate of drug-likeness (QED) is 0.874. The number of halogens is 1. The number of carboxylic acid groups (broad SMARTS) is 1. The first-order valence-corrected chi connectivity index (χ1v) is 6.78. The molecule has 3 atom stereocenters.